The van der Waals surface area contributed by atoms with Crippen LogP contribution in [0.1, 0.15) is 32.8 Å². The summed E-state index contributed by atoms with van der Waals surface area (Å²) >= 11 is 0. The molecule has 9 nitrogen and oxygen atoms in total. The number of nitrogens with two attached hydrogens (primary N) is 1. The number of benzene rings is 1. The lowest BCUT2D eigenvalue weighted by atomic mass is 10.1. The molecule has 3 heterocycles. The Bertz CT molecular complexity index is 1180. The van der Waals surface area contributed by atoms with Gasteiger partial charge in [0.1, 0.15) is 11.1 Å². The molecule has 1 aliphatic rings. The van der Waals surface area contributed by atoms with Gasteiger partial charge in [0.2, 0.25) is 5.88 Å². The summed E-state index contributed by atoms with van der Waals surface area (Å²) in [6.07, 6.45) is 4.03. The average molecular weight is 438 g/mol. The number of pyridine rings is 1. The molecule has 0 saturated heterocycles. The summed E-state index contributed by atoms with van der Waals surface area (Å²) in [6, 6.07) is 9.08. The van der Waals surface area contributed by atoms with Crippen LogP contribution in [0, 0.1) is 0 Å². The zero-order valence-electron chi connectivity index (χ0n) is 18.4. The molecule has 0 fully saturated rings. The number of nitrogen functional groups attached to an aromatic ring is 1. The fourth-order valence-corrected chi connectivity index (χ4v) is 3.48. The number of aromatic hydroxyl groups is 1. The van der Waals surface area contributed by atoms with Gasteiger partial charge in [-0.3, -0.25) is 9.47 Å². The number of carbonyl (C=O) groups excluding carboxylic acids is 1. The van der Waals surface area contributed by atoms with Crippen molar-refractivity contribution in [1.82, 2.24) is 14.5 Å². The molecule has 9 heteroatoms. The lowest BCUT2D eigenvalue weighted by molar-refractivity contribution is 0.0584. The first kappa shape index (κ1) is 21.5. The zero-order valence-corrected chi connectivity index (χ0v) is 18.4. The Morgan fingerprint density at radius 1 is 1.22 bits per heavy atom. The molecule has 3 aromatic rings. The summed E-state index contributed by atoms with van der Waals surface area (Å²) in [5, 5.41) is 10.5. The average Bonchev–Trinajstić information content (AvgIpc) is 3.02. The topological polar surface area (TPSA) is 116 Å². The Balaban J connectivity index is 1.78. The molecule has 4 rings (SSSR count). The van der Waals surface area contributed by atoms with Crippen LogP contribution in [-0.2, 0) is 11.3 Å². The van der Waals surface area contributed by atoms with Crippen LogP contribution < -0.4 is 15.4 Å². The van der Waals surface area contributed by atoms with Gasteiger partial charge in [-0.2, -0.15) is 9.97 Å². The predicted octanol–water partition coefficient (Wildman–Crippen LogP) is 3.85. The van der Waals surface area contributed by atoms with Gasteiger partial charge in [-0.1, -0.05) is 24.3 Å². The quantitative estimate of drug-likeness (QED) is 0.513. The first-order valence-corrected chi connectivity index (χ1v) is 10.4. The van der Waals surface area contributed by atoms with Crippen molar-refractivity contribution in [1.29, 1.82) is 0 Å². The lowest BCUT2D eigenvalue weighted by Crippen LogP contribution is -2.37. The SMILES string of the molecule is CC(C)(C)OC(=O)N1C/C=C\CCOc2cc3c(nc(O)n3Cc3cccc1c3)c(N)n2. The van der Waals surface area contributed by atoms with Gasteiger partial charge in [-0.25, -0.2) is 4.79 Å². The van der Waals surface area contributed by atoms with E-state index in [0.29, 0.717) is 48.7 Å². The normalized spacial score (nSPS) is 15.7. The minimum absolute atomic E-state index is 0.175. The highest BCUT2D eigenvalue weighted by atomic mass is 16.6. The minimum atomic E-state index is -0.617. The van der Waals surface area contributed by atoms with Gasteiger partial charge < -0.3 is 20.3 Å². The van der Waals surface area contributed by atoms with E-state index in [0.717, 1.165) is 5.56 Å². The van der Waals surface area contributed by atoms with E-state index >= 15 is 0 Å². The van der Waals surface area contributed by atoms with Crippen LogP contribution in [0.25, 0.3) is 11.0 Å². The summed E-state index contributed by atoms with van der Waals surface area (Å²) < 4.78 is 13.0. The van der Waals surface area contributed by atoms with Crippen molar-refractivity contribution in [3.05, 3.63) is 48.0 Å². The molecule has 0 radical (unpaired) electrons. The summed E-state index contributed by atoms with van der Waals surface area (Å²) in [5.74, 6) is 0.555. The summed E-state index contributed by atoms with van der Waals surface area (Å²) in [4.78, 5) is 22.9. The lowest BCUT2D eigenvalue weighted by Gasteiger charge is -2.27. The highest BCUT2D eigenvalue weighted by Gasteiger charge is 2.23. The number of ether oxygens (including phenoxy) is 2. The van der Waals surface area contributed by atoms with Gasteiger partial charge in [0.25, 0.3) is 6.01 Å². The van der Waals surface area contributed by atoms with Crippen LogP contribution in [0.2, 0.25) is 0 Å². The van der Waals surface area contributed by atoms with Crippen LogP contribution in [0.4, 0.5) is 16.3 Å². The van der Waals surface area contributed by atoms with E-state index in [1.807, 2.05) is 57.2 Å². The molecule has 1 aliphatic heterocycles. The second kappa shape index (κ2) is 8.41. The van der Waals surface area contributed by atoms with E-state index < -0.39 is 11.7 Å². The number of rotatable bonds is 0. The molecule has 1 aromatic carbocycles. The third-order valence-electron chi connectivity index (χ3n) is 4.89. The Morgan fingerprint density at radius 3 is 2.81 bits per heavy atom. The summed E-state index contributed by atoms with van der Waals surface area (Å²) in [5.41, 5.74) is 8.01. The molecule has 0 aliphatic carbocycles. The third-order valence-corrected chi connectivity index (χ3v) is 4.89. The van der Waals surface area contributed by atoms with Gasteiger partial charge in [-0.05, 0) is 44.9 Å². The standard InChI is InChI=1S/C23H27N5O4/c1-23(2,3)32-22(30)27-10-5-4-6-11-31-18-13-17-19(20(24)25-18)26-21(29)28(17)14-15-8-7-9-16(27)12-15/h4-5,7-9,12-13H,6,10-11,14H2,1-3H3,(H2,24,25)(H,26,29)/b5-4-. The molecule has 4 bridgehead atoms. The van der Waals surface area contributed by atoms with Crippen LogP contribution in [0.5, 0.6) is 11.9 Å². The maximum Gasteiger partial charge on any atom is 0.415 e. The molecule has 3 N–H and O–H groups in total. The molecule has 0 saturated carbocycles. The van der Waals surface area contributed by atoms with E-state index in [-0.39, 0.29) is 11.8 Å². The summed E-state index contributed by atoms with van der Waals surface area (Å²) in [6.45, 7) is 6.55. The number of imidazole rings is 1. The number of hydrogen-bond acceptors (Lipinski definition) is 7. The molecule has 32 heavy (non-hydrogen) atoms. The van der Waals surface area contributed by atoms with Crippen molar-refractivity contribution in [2.75, 3.05) is 23.8 Å². The highest BCUT2D eigenvalue weighted by molar-refractivity contribution is 5.89. The molecule has 0 unspecified atom stereocenters. The van der Waals surface area contributed by atoms with E-state index in [4.69, 9.17) is 15.2 Å². The molecule has 1 amide bonds. The van der Waals surface area contributed by atoms with Crippen molar-refractivity contribution < 1.29 is 19.4 Å². The van der Waals surface area contributed by atoms with Gasteiger partial charge in [0.05, 0.1) is 18.7 Å². The fraction of sp³-hybridized carbons (Fsp3) is 0.348. The van der Waals surface area contributed by atoms with Gasteiger partial charge >= 0.3 is 6.09 Å². The predicted molar refractivity (Wildman–Crippen MR) is 122 cm³/mol. The van der Waals surface area contributed by atoms with Crippen LogP contribution in [-0.4, -0.2) is 44.5 Å². The molecule has 0 spiro atoms. The summed E-state index contributed by atoms with van der Waals surface area (Å²) in [7, 11) is 0. The number of hydrogen-bond donors (Lipinski definition) is 2. The van der Waals surface area contributed by atoms with Gasteiger partial charge in [0, 0.05) is 18.3 Å². The zero-order chi connectivity index (χ0) is 22.9. The largest absolute Gasteiger partial charge is 0.480 e. The van der Waals surface area contributed by atoms with E-state index in [1.54, 1.807) is 15.5 Å². The van der Waals surface area contributed by atoms with E-state index in [2.05, 4.69) is 9.97 Å². The Morgan fingerprint density at radius 2 is 2.03 bits per heavy atom. The number of aromatic nitrogens is 3. The maximum absolute atomic E-state index is 12.9. The highest BCUT2D eigenvalue weighted by Crippen LogP contribution is 2.29. The fourth-order valence-electron chi connectivity index (χ4n) is 3.48. The number of nitrogens with zero attached hydrogens (tertiary/aromatic N) is 4. The molecule has 0 atom stereocenters. The number of fused-ring (bicyclic) bond motifs is 3. The van der Waals surface area contributed by atoms with E-state index in [1.165, 1.54) is 0 Å². The minimum Gasteiger partial charge on any atom is -0.480 e. The van der Waals surface area contributed by atoms with Crippen molar-refractivity contribution >= 4 is 28.6 Å². The second-order valence-corrected chi connectivity index (χ2v) is 8.58. The number of amides is 1. The molecular formula is C23H27N5O4. The number of anilines is 2. The van der Waals surface area contributed by atoms with Crippen LogP contribution >= 0.6 is 0 Å². The molecule has 2 aromatic heterocycles. The van der Waals surface area contributed by atoms with Gasteiger partial charge in [-0.15, -0.1) is 0 Å². The van der Waals surface area contributed by atoms with Crippen molar-refractivity contribution in [2.24, 2.45) is 0 Å². The number of carbonyl (C=O) groups is 1. The van der Waals surface area contributed by atoms with Gasteiger partial charge in [0.15, 0.2) is 5.82 Å². The Kier molecular flexibility index (Phi) is 5.65. The first-order chi connectivity index (χ1) is 15.2. The molecule has 168 valence electrons. The molecular weight excluding hydrogens is 410 g/mol. The van der Waals surface area contributed by atoms with Crippen LogP contribution in [0.3, 0.4) is 0 Å². The Labute approximate surface area is 186 Å². The van der Waals surface area contributed by atoms with Crippen molar-refractivity contribution in [3.63, 3.8) is 0 Å². The van der Waals surface area contributed by atoms with Crippen molar-refractivity contribution in [2.45, 2.75) is 39.3 Å². The Hall–Kier alpha value is -3.75. The second-order valence-electron chi connectivity index (χ2n) is 8.58. The first-order valence-electron chi connectivity index (χ1n) is 10.4. The smallest absolute Gasteiger partial charge is 0.415 e. The third kappa shape index (κ3) is 4.61. The van der Waals surface area contributed by atoms with Crippen molar-refractivity contribution in [3.8, 4) is 11.9 Å². The van der Waals surface area contributed by atoms with E-state index in [9.17, 15) is 9.90 Å². The van der Waals surface area contributed by atoms with Crippen LogP contribution in [0.15, 0.2) is 42.5 Å². The monoisotopic (exact) mass is 437 g/mol. The maximum atomic E-state index is 12.9.